The van der Waals surface area contributed by atoms with Crippen molar-refractivity contribution in [2.75, 3.05) is 0 Å². The van der Waals surface area contributed by atoms with Crippen molar-refractivity contribution < 1.29 is 9.13 Å². The first-order valence-corrected chi connectivity index (χ1v) is 5.85. The normalized spacial score (nSPS) is 10.6. The topological polar surface area (TPSA) is 53.1 Å². The molecule has 1 aromatic heterocycles. The second-order valence-electron chi connectivity index (χ2n) is 3.96. The fraction of sp³-hybridized carbons (Fsp3) is 0.308. The SMILES string of the molecule is CCn1cc(COc2ccc(CN)cc2F)cn1. The average molecular weight is 249 g/mol. The summed E-state index contributed by atoms with van der Waals surface area (Å²) in [5, 5.41) is 4.12. The summed E-state index contributed by atoms with van der Waals surface area (Å²) in [6.07, 6.45) is 3.60. The van der Waals surface area contributed by atoms with Gasteiger partial charge >= 0.3 is 0 Å². The summed E-state index contributed by atoms with van der Waals surface area (Å²) in [4.78, 5) is 0. The van der Waals surface area contributed by atoms with Crippen molar-refractivity contribution in [2.24, 2.45) is 5.73 Å². The molecule has 0 radical (unpaired) electrons. The van der Waals surface area contributed by atoms with Crippen LogP contribution in [0.3, 0.4) is 0 Å². The van der Waals surface area contributed by atoms with Crippen molar-refractivity contribution in [1.82, 2.24) is 9.78 Å². The van der Waals surface area contributed by atoms with Crippen LogP contribution in [0.25, 0.3) is 0 Å². The number of rotatable bonds is 5. The summed E-state index contributed by atoms with van der Waals surface area (Å²) >= 11 is 0. The highest BCUT2D eigenvalue weighted by atomic mass is 19.1. The van der Waals surface area contributed by atoms with E-state index in [1.54, 1.807) is 23.0 Å². The quantitative estimate of drug-likeness (QED) is 0.882. The Morgan fingerprint density at radius 2 is 2.22 bits per heavy atom. The smallest absolute Gasteiger partial charge is 0.165 e. The minimum atomic E-state index is -0.388. The first-order chi connectivity index (χ1) is 8.72. The van der Waals surface area contributed by atoms with Gasteiger partial charge in [0.1, 0.15) is 6.61 Å². The molecule has 0 aliphatic rings. The molecule has 18 heavy (non-hydrogen) atoms. The fourth-order valence-electron chi connectivity index (χ4n) is 1.60. The number of aromatic nitrogens is 2. The molecule has 0 unspecified atom stereocenters. The van der Waals surface area contributed by atoms with Gasteiger partial charge < -0.3 is 10.5 Å². The number of benzene rings is 1. The maximum Gasteiger partial charge on any atom is 0.165 e. The summed E-state index contributed by atoms with van der Waals surface area (Å²) in [7, 11) is 0. The molecule has 0 bridgehead atoms. The molecule has 2 rings (SSSR count). The lowest BCUT2D eigenvalue weighted by atomic mass is 10.2. The van der Waals surface area contributed by atoms with E-state index in [-0.39, 0.29) is 11.6 Å². The summed E-state index contributed by atoms with van der Waals surface area (Å²) < 4.78 is 20.8. The van der Waals surface area contributed by atoms with Crippen molar-refractivity contribution in [1.29, 1.82) is 0 Å². The maximum absolute atomic E-state index is 13.6. The molecule has 0 aliphatic carbocycles. The van der Waals surface area contributed by atoms with Gasteiger partial charge in [-0.05, 0) is 24.6 Å². The highest BCUT2D eigenvalue weighted by molar-refractivity contribution is 5.29. The molecule has 0 saturated heterocycles. The molecule has 2 aromatic rings. The highest BCUT2D eigenvalue weighted by Crippen LogP contribution is 2.19. The molecule has 0 aliphatic heterocycles. The van der Waals surface area contributed by atoms with Crippen LogP contribution in [0.15, 0.2) is 30.6 Å². The number of halogens is 1. The molecule has 4 nitrogen and oxygen atoms in total. The van der Waals surface area contributed by atoms with Gasteiger partial charge in [-0.1, -0.05) is 6.07 Å². The number of hydrogen-bond donors (Lipinski definition) is 1. The summed E-state index contributed by atoms with van der Waals surface area (Å²) in [6, 6.07) is 4.75. The number of aryl methyl sites for hydroxylation is 1. The largest absolute Gasteiger partial charge is 0.486 e. The molecule has 0 spiro atoms. The van der Waals surface area contributed by atoms with E-state index in [9.17, 15) is 4.39 Å². The number of nitrogens with two attached hydrogens (primary N) is 1. The van der Waals surface area contributed by atoms with Crippen molar-refractivity contribution in [3.63, 3.8) is 0 Å². The molecule has 2 N–H and O–H groups in total. The summed E-state index contributed by atoms with van der Waals surface area (Å²) in [5.41, 5.74) is 7.10. The molecule has 0 amide bonds. The van der Waals surface area contributed by atoms with E-state index in [4.69, 9.17) is 10.5 Å². The van der Waals surface area contributed by atoms with Crippen molar-refractivity contribution >= 4 is 0 Å². The van der Waals surface area contributed by atoms with Gasteiger partial charge in [0.15, 0.2) is 11.6 Å². The fourth-order valence-corrected chi connectivity index (χ4v) is 1.60. The van der Waals surface area contributed by atoms with Crippen molar-refractivity contribution in [2.45, 2.75) is 26.6 Å². The van der Waals surface area contributed by atoms with Crippen LogP contribution in [0.2, 0.25) is 0 Å². The second kappa shape index (κ2) is 5.64. The van der Waals surface area contributed by atoms with E-state index in [2.05, 4.69) is 5.10 Å². The molecule has 1 aromatic carbocycles. The predicted octanol–water partition coefficient (Wildman–Crippen LogP) is 2.08. The third-order valence-corrected chi connectivity index (χ3v) is 2.64. The zero-order chi connectivity index (χ0) is 13.0. The van der Waals surface area contributed by atoms with Gasteiger partial charge in [-0.3, -0.25) is 4.68 Å². The first kappa shape index (κ1) is 12.6. The van der Waals surface area contributed by atoms with Crippen LogP contribution in [-0.4, -0.2) is 9.78 Å². The summed E-state index contributed by atoms with van der Waals surface area (Å²) in [5.74, 6) is -0.155. The molecule has 0 atom stereocenters. The Labute approximate surface area is 105 Å². The van der Waals surface area contributed by atoms with E-state index in [1.165, 1.54) is 6.07 Å². The van der Waals surface area contributed by atoms with Gasteiger partial charge in [0.25, 0.3) is 0 Å². The van der Waals surface area contributed by atoms with Crippen LogP contribution in [-0.2, 0) is 19.7 Å². The Hall–Kier alpha value is -1.88. The average Bonchev–Trinajstić information content (AvgIpc) is 2.85. The third-order valence-electron chi connectivity index (χ3n) is 2.64. The van der Waals surface area contributed by atoms with Gasteiger partial charge in [-0.2, -0.15) is 5.10 Å². The first-order valence-electron chi connectivity index (χ1n) is 5.85. The van der Waals surface area contributed by atoms with Crippen molar-refractivity contribution in [3.8, 4) is 5.75 Å². The molecule has 0 saturated carbocycles. The van der Waals surface area contributed by atoms with E-state index >= 15 is 0 Å². The van der Waals surface area contributed by atoms with Crippen LogP contribution in [0.5, 0.6) is 5.75 Å². The van der Waals surface area contributed by atoms with Gasteiger partial charge in [0, 0.05) is 24.8 Å². The maximum atomic E-state index is 13.6. The summed E-state index contributed by atoms with van der Waals surface area (Å²) in [6.45, 7) is 3.43. The van der Waals surface area contributed by atoms with E-state index in [1.807, 2.05) is 13.1 Å². The number of ether oxygens (including phenoxy) is 1. The lowest BCUT2D eigenvalue weighted by molar-refractivity contribution is 0.290. The molecule has 1 heterocycles. The van der Waals surface area contributed by atoms with Crippen LogP contribution >= 0.6 is 0 Å². The van der Waals surface area contributed by atoms with Crippen LogP contribution in [0, 0.1) is 5.82 Å². The Morgan fingerprint density at radius 1 is 1.39 bits per heavy atom. The lowest BCUT2D eigenvalue weighted by Crippen LogP contribution is -2.00. The van der Waals surface area contributed by atoms with Crippen LogP contribution in [0.1, 0.15) is 18.1 Å². The Bertz CT molecular complexity index is 525. The van der Waals surface area contributed by atoms with E-state index in [0.29, 0.717) is 13.2 Å². The molecule has 5 heteroatoms. The third kappa shape index (κ3) is 2.87. The Balaban J connectivity index is 2.01. The second-order valence-corrected chi connectivity index (χ2v) is 3.96. The lowest BCUT2D eigenvalue weighted by Gasteiger charge is -2.06. The Kier molecular flexibility index (Phi) is 3.94. The van der Waals surface area contributed by atoms with Crippen LogP contribution in [0.4, 0.5) is 4.39 Å². The minimum absolute atomic E-state index is 0.233. The van der Waals surface area contributed by atoms with Gasteiger partial charge in [0.2, 0.25) is 0 Å². The Morgan fingerprint density at radius 3 is 2.83 bits per heavy atom. The van der Waals surface area contributed by atoms with Gasteiger partial charge in [0.05, 0.1) is 6.20 Å². The number of hydrogen-bond acceptors (Lipinski definition) is 3. The van der Waals surface area contributed by atoms with E-state index < -0.39 is 0 Å². The molecular formula is C13H16FN3O. The number of nitrogens with zero attached hydrogens (tertiary/aromatic N) is 2. The van der Waals surface area contributed by atoms with Gasteiger partial charge in [-0.25, -0.2) is 4.39 Å². The van der Waals surface area contributed by atoms with E-state index in [0.717, 1.165) is 17.7 Å². The molecule has 0 fully saturated rings. The van der Waals surface area contributed by atoms with Crippen molar-refractivity contribution in [3.05, 3.63) is 47.5 Å². The predicted molar refractivity (Wildman–Crippen MR) is 66.5 cm³/mol. The highest BCUT2D eigenvalue weighted by Gasteiger charge is 2.05. The monoisotopic (exact) mass is 249 g/mol. The zero-order valence-electron chi connectivity index (χ0n) is 10.3. The minimum Gasteiger partial charge on any atom is -0.486 e. The molecule has 96 valence electrons. The zero-order valence-corrected chi connectivity index (χ0v) is 10.3. The van der Waals surface area contributed by atoms with Crippen LogP contribution < -0.4 is 10.5 Å². The molecular weight excluding hydrogens is 233 g/mol. The standard InChI is InChI=1S/C13H16FN3O/c1-2-17-8-11(7-16-17)9-18-13-4-3-10(6-15)5-12(13)14/h3-5,7-8H,2,6,9,15H2,1H3. The van der Waals surface area contributed by atoms with Gasteiger partial charge in [-0.15, -0.1) is 0 Å².